The predicted octanol–water partition coefficient (Wildman–Crippen LogP) is 4.08. The summed E-state index contributed by atoms with van der Waals surface area (Å²) in [5.41, 5.74) is 1.69. The number of benzene rings is 2. The Morgan fingerprint density at radius 2 is 1.82 bits per heavy atom. The lowest BCUT2D eigenvalue weighted by molar-refractivity contribution is 0.102. The van der Waals surface area contributed by atoms with Crippen LogP contribution in [0.4, 0.5) is 5.69 Å². The number of piperidine rings is 1. The zero-order chi connectivity index (χ0) is 20.3. The van der Waals surface area contributed by atoms with E-state index in [-0.39, 0.29) is 15.5 Å². The van der Waals surface area contributed by atoms with Gasteiger partial charge in [0.15, 0.2) is 0 Å². The van der Waals surface area contributed by atoms with Crippen molar-refractivity contribution in [1.29, 1.82) is 0 Å². The van der Waals surface area contributed by atoms with Crippen LogP contribution in [0.2, 0.25) is 5.02 Å². The van der Waals surface area contributed by atoms with Gasteiger partial charge in [-0.1, -0.05) is 24.1 Å². The third-order valence-electron chi connectivity index (χ3n) is 4.73. The van der Waals surface area contributed by atoms with Crippen LogP contribution in [0.15, 0.2) is 41.3 Å². The molecule has 150 valence electrons. The predicted molar refractivity (Wildman–Crippen MR) is 110 cm³/mol. The van der Waals surface area contributed by atoms with E-state index in [0.29, 0.717) is 24.5 Å². The Balaban J connectivity index is 1.91. The van der Waals surface area contributed by atoms with E-state index in [1.165, 1.54) is 29.6 Å². The maximum Gasteiger partial charge on any atom is 0.255 e. The molecule has 8 heteroatoms. The first-order chi connectivity index (χ1) is 13.3. The molecule has 2 aromatic carbocycles. The first-order valence-corrected chi connectivity index (χ1v) is 10.9. The summed E-state index contributed by atoms with van der Waals surface area (Å²) in [5.74, 6) is 0.0877. The molecule has 1 aliphatic rings. The minimum atomic E-state index is -3.74. The lowest BCUT2D eigenvalue weighted by Crippen LogP contribution is -2.35. The summed E-state index contributed by atoms with van der Waals surface area (Å²) in [6.07, 6.45) is 2.66. The highest BCUT2D eigenvalue weighted by atomic mass is 35.5. The number of aryl methyl sites for hydroxylation is 1. The summed E-state index contributed by atoms with van der Waals surface area (Å²) in [4.78, 5) is 12.7. The number of amides is 1. The Morgan fingerprint density at radius 3 is 2.50 bits per heavy atom. The van der Waals surface area contributed by atoms with Crippen molar-refractivity contribution in [3.8, 4) is 5.75 Å². The van der Waals surface area contributed by atoms with Gasteiger partial charge in [-0.3, -0.25) is 4.79 Å². The first kappa shape index (κ1) is 20.6. The molecule has 0 spiro atoms. The minimum Gasteiger partial charge on any atom is -0.495 e. The zero-order valence-electron chi connectivity index (χ0n) is 15.9. The molecule has 0 radical (unpaired) electrons. The number of sulfonamides is 1. The third kappa shape index (κ3) is 4.32. The molecule has 0 unspecified atom stereocenters. The van der Waals surface area contributed by atoms with Crippen molar-refractivity contribution in [2.24, 2.45) is 0 Å². The lowest BCUT2D eigenvalue weighted by Gasteiger charge is -2.26. The van der Waals surface area contributed by atoms with E-state index < -0.39 is 15.9 Å². The molecule has 1 saturated heterocycles. The van der Waals surface area contributed by atoms with Crippen molar-refractivity contribution in [3.63, 3.8) is 0 Å². The third-order valence-corrected chi connectivity index (χ3v) is 7.11. The highest BCUT2D eigenvalue weighted by Gasteiger charge is 2.28. The van der Waals surface area contributed by atoms with Crippen LogP contribution in [-0.2, 0) is 10.0 Å². The number of carbonyl (C=O) groups is 1. The van der Waals surface area contributed by atoms with E-state index >= 15 is 0 Å². The second kappa shape index (κ2) is 8.51. The van der Waals surface area contributed by atoms with Gasteiger partial charge in [0.05, 0.1) is 17.8 Å². The lowest BCUT2D eigenvalue weighted by atomic mass is 10.1. The van der Waals surface area contributed by atoms with Gasteiger partial charge in [0.2, 0.25) is 10.0 Å². The average molecular weight is 423 g/mol. The van der Waals surface area contributed by atoms with E-state index in [1.807, 2.05) is 13.0 Å². The van der Waals surface area contributed by atoms with Crippen molar-refractivity contribution in [2.45, 2.75) is 31.1 Å². The fourth-order valence-electron chi connectivity index (χ4n) is 3.20. The van der Waals surface area contributed by atoms with Gasteiger partial charge >= 0.3 is 0 Å². The number of nitrogens with one attached hydrogen (secondary N) is 1. The summed E-state index contributed by atoms with van der Waals surface area (Å²) in [6, 6.07) is 9.72. The quantitative estimate of drug-likeness (QED) is 0.787. The van der Waals surface area contributed by atoms with Gasteiger partial charge in [0, 0.05) is 18.7 Å². The number of anilines is 1. The second-order valence-electron chi connectivity index (χ2n) is 6.77. The molecule has 28 heavy (non-hydrogen) atoms. The number of nitrogens with zero attached hydrogens (tertiary/aromatic N) is 1. The van der Waals surface area contributed by atoms with Gasteiger partial charge in [-0.25, -0.2) is 8.42 Å². The highest BCUT2D eigenvalue weighted by Crippen LogP contribution is 2.29. The van der Waals surface area contributed by atoms with Crippen LogP contribution in [-0.4, -0.2) is 38.8 Å². The summed E-state index contributed by atoms with van der Waals surface area (Å²) in [5, 5.41) is 2.89. The van der Waals surface area contributed by atoms with Gasteiger partial charge in [-0.2, -0.15) is 4.31 Å². The number of carbonyl (C=O) groups excluding carboxylic acids is 1. The molecule has 3 rings (SSSR count). The normalized spacial score (nSPS) is 15.2. The summed E-state index contributed by atoms with van der Waals surface area (Å²) < 4.78 is 32.7. The molecule has 1 amide bonds. The maximum atomic E-state index is 13.0. The first-order valence-electron chi connectivity index (χ1n) is 9.08. The molecule has 0 atom stereocenters. The largest absolute Gasteiger partial charge is 0.495 e. The van der Waals surface area contributed by atoms with Crippen molar-refractivity contribution in [1.82, 2.24) is 4.31 Å². The molecule has 6 nitrogen and oxygen atoms in total. The van der Waals surface area contributed by atoms with Crippen molar-refractivity contribution in [2.75, 3.05) is 25.5 Å². The summed E-state index contributed by atoms with van der Waals surface area (Å²) >= 11 is 6.18. The molecule has 0 aromatic heterocycles. The SMILES string of the molecule is COc1ccc(C)cc1NC(=O)c1ccc(Cl)c(S(=O)(=O)N2CCCCC2)c1. The number of hydrogen-bond donors (Lipinski definition) is 1. The fourth-order valence-corrected chi connectivity index (χ4v) is 5.22. The fraction of sp³-hybridized carbons (Fsp3) is 0.350. The monoisotopic (exact) mass is 422 g/mol. The van der Waals surface area contributed by atoms with Crippen molar-refractivity contribution in [3.05, 3.63) is 52.5 Å². The van der Waals surface area contributed by atoms with Gasteiger partial charge < -0.3 is 10.1 Å². The van der Waals surface area contributed by atoms with Gasteiger partial charge in [-0.15, -0.1) is 0 Å². The Hall–Kier alpha value is -2.09. The van der Waals surface area contributed by atoms with Crippen LogP contribution < -0.4 is 10.1 Å². The van der Waals surface area contributed by atoms with E-state index in [0.717, 1.165) is 24.8 Å². The molecule has 0 bridgehead atoms. The topological polar surface area (TPSA) is 75.7 Å². The molecule has 2 aromatic rings. The maximum absolute atomic E-state index is 13.0. The van der Waals surface area contributed by atoms with Crippen molar-refractivity contribution >= 4 is 33.2 Å². The molecular formula is C20H23ClN2O4S. The van der Waals surface area contributed by atoms with E-state index in [1.54, 1.807) is 12.1 Å². The van der Waals surface area contributed by atoms with Crippen LogP contribution in [0, 0.1) is 6.92 Å². The standard InChI is InChI=1S/C20H23ClN2O4S/c1-14-6-9-18(27-2)17(12-14)22-20(24)15-7-8-16(21)19(13-15)28(25,26)23-10-4-3-5-11-23/h6-9,12-13H,3-5,10-11H2,1-2H3,(H,22,24). The molecule has 0 saturated carbocycles. The zero-order valence-corrected chi connectivity index (χ0v) is 17.4. The van der Waals surface area contributed by atoms with Crippen LogP contribution in [0.25, 0.3) is 0 Å². The molecule has 1 heterocycles. The van der Waals surface area contributed by atoms with Crippen LogP contribution in [0.5, 0.6) is 5.75 Å². The Labute approximate surface area is 170 Å². The van der Waals surface area contributed by atoms with E-state index in [4.69, 9.17) is 16.3 Å². The van der Waals surface area contributed by atoms with Gasteiger partial charge in [0.25, 0.3) is 5.91 Å². The Kier molecular flexibility index (Phi) is 6.27. The van der Waals surface area contributed by atoms with E-state index in [9.17, 15) is 13.2 Å². The smallest absolute Gasteiger partial charge is 0.255 e. The molecule has 1 N–H and O–H groups in total. The number of ether oxygens (including phenoxy) is 1. The number of hydrogen-bond acceptors (Lipinski definition) is 4. The number of rotatable bonds is 5. The van der Waals surface area contributed by atoms with Crippen LogP contribution in [0.1, 0.15) is 35.2 Å². The summed E-state index contributed by atoms with van der Waals surface area (Å²) in [7, 11) is -2.22. The minimum absolute atomic E-state index is 0.0417. The average Bonchev–Trinajstić information content (AvgIpc) is 2.69. The van der Waals surface area contributed by atoms with E-state index in [2.05, 4.69) is 5.32 Å². The number of methoxy groups -OCH3 is 1. The molecule has 1 fully saturated rings. The van der Waals surface area contributed by atoms with Crippen LogP contribution in [0.3, 0.4) is 0 Å². The molecule has 1 aliphatic heterocycles. The highest BCUT2D eigenvalue weighted by molar-refractivity contribution is 7.89. The van der Waals surface area contributed by atoms with Gasteiger partial charge in [-0.05, 0) is 55.7 Å². The van der Waals surface area contributed by atoms with Gasteiger partial charge in [0.1, 0.15) is 10.6 Å². The van der Waals surface area contributed by atoms with Crippen LogP contribution >= 0.6 is 11.6 Å². The Morgan fingerprint density at radius 1 is 1.11 bits per heavy atom. The molecule has 0 aliphatic carbocycles. The van der Waals surface area contributed by atoms with Crippen molar-refractivity contribution < 1.29 is 17.9 Å². The Bertz CT molecular complexity index is 986. The molecular weight excluding hydrogens is 400 g/mol. The number of halogens is 1. The summed E-state index contributed by atoms with van der Waals surface area (Å²) in [6.45, 7) is 2.84. The second-order valence-corrected chi connectivity index (χ2v) is 9.08.